The Bertz CT molecular complexity index is 1250. The SMILES string of the molecule is Cc1nn(-c2ccc(Cl)cc2Cl)c(C)c1CC(=O)Nc1cccc(CN2C(=O)CNC2=O)c1. The van der Waals surface area contributed by atoms with E-state index < -0.39 is 6.03 Å². The summed E-state index contributed by atoms with van der Waals surface area (Å²) in [5, 5.41) is 10.9. The molecule has 2 N–H and O–H groups in total. The summed E-state index contributed by atoms with van der Waals surface area (Å²) in [6, 6.07) is 11.8. The molecule has 1 aliphatic rings. The van der Waals surface area contributed by atoms with Crippen LogP contribution in [0.4, 0.5) is 10.5 Å². The molecule has 4 rings (SSSR count). The van der Waals surface area contributed by atoms with Crippen molar-refractivity contribution in [2.75, 3.05) is 11.9 Å². The Balaban J connectivity index is 1.48. The van der Waals surface area contributed by atoms with Gasteiger partial charge in [-0.25, -0.2) is 9.48 Å². The summed E-state index contributed by atoms with van der Waals surface area (Å²) in [4.78, 5) is 37.5. The first-order chi connectivity index (χ1) is 15.7. The number of rotatable bonds is 6. The van der Waals surface area contributed by atoms with Crippen LogP contribution in [-0.4, -0.2) is 39.1 Å². The van der Waals surface area contributed by atoms with E-state index in [0.29, 0.717) is 21.4 Å². The first-order valence-electron chi connectivity index (χ1n) is 10.2. The van der Waals surface area contributed by atoms with Crippen LogP contribution in [0.25, 0.3) is 5.69 Å². The number of anilines is 1. The Kier molecular flexibility index (Phi) is 6.40. The van der Waals surface area contributed by atoms with Gasteiger partial charge in [0.15, 0.2) is 0 Å². The van der Waals surface area contributed by atoms with Gasteiger partial charge in [-0.3, -0.25) is 14.5 Å². The Labute approximate surface area is 200 Å². The standard InChI is InChI=1S/C23H21Cl2N5O3/c1-13-18(14(2)30(28-13)20-7-6-16(24)9-19(20)25)10-21(31)27-17-5-3-4-15(8-17)12-29-22(32)11-26-23(29)33/h3-9H,10-12H2,1-2H3,(H,26,33)(H,27,31). The van der Waals surface area contributed by atoms with Crippen LogP contribution in [0, 0.1) is 13.8 Å². The van der Waals surface area contributed by atoms with Crippen molar-refractivity contribution in [3.63, 3.8) is 0 Å². The third-order valence-corrected chi connectivity index (χ3v) is 5.94. The summed E-state index contributed by atoms with van der Waals surface area (Å²) >= 11 is 12.3. The van der Waals surface area contributed by atoms with Gasteiger partial charge in [0.25, 0.3) is 0 Å². The normalized spacial score (nSPS) is 13.4. The first kappa shape index (κ1) is 22.8. The van der Waals surface area contributed by atoms with Crippen molar-refractivity contribution in [1.82, 2.24) is 20.0 Å². The second-order valence-corrected chi connectivity index (χ2v) is 8.56. The number of nitrogens with one attached hydrogen (secondary N) is 2. The molecule has 1 fully saturated rings. The van der Waals surface area contributed by atoms with Crippen molar-refractivity contribution < 1.29 is 14.4 Å². The van der Waals surface area contributed by atoms with Crippen LogP contribution in [-0.2, 0) is 22.6 Å². The topological polar surface area (TPSA) is 96.3 Å². The summed E-state index contributed by atoms with van der Waals surface area (Å²) < 4.78 is 1.70. The molecular weight excluding hydrogens is 465 g/mol. The molecule has 2 aromatic carbocycles. The molecule has 1 aliphatic heterocycles. The Morgan fingerprint density at radius 2 is 1.94 bits per heavy atom. The predicted octanol–water partition coefficient (Wildman–Crippen LogP) is 4.03. The number of amides is 4. The number of hydrogen-bond acceptors (Lipinski definition) is 4. The number of benzene rings is 2. The molecule has 1 aromatic heterocycles. The highest BCUT2D eigenvalue weighted by Gasteiger charge is 2.28. The van der Waals surface area contributed by atoms with Gasteiger partial charge in [-0.1, -0.05) is 35.3 Å². The number of carbonyl (C=O) groups excluding carboxylic acids is 3. The highest BCUT2D eigenvalue weighted by atomic mass is 35.5. The molecule has 3 aromatic rings. The lowest BCUT2D eigenvalue weighted by atomic mass is 10.1. The molecule has 170 valence electrons. The number of aryl methyl sites for hydroxylation is 1. The van der Waals surface area contributed by atoms with E-state index in [-0.39, 0.29) is 31.3 Å². The van der Waals surface area contributed by atoms with Gasteiger partial charge in [-0.2, -0.15) is 5.10 Å². The van der Waals surface area contributed by atoms with Gasteiger partial charge in [0, 0.05) is 22.0 Å². The second-order valence-electron chi connectivity index (χ2n) is 7.72. The molecule has 33 heavy (non-hydrogen) atoms. The molecule has 0 spiro atoms. The number of nitrogens with zero attached hydrogens (tertiary/aromatic N) is 3. The van der Waals surface area contributed by atoms with E-state index in [1.807, 2.05) is 13.8 Å². The van der Waals surface area contributed by atoms with Crippen molar-refractivity contribution >= 4 is 46.7 Å². The minimum absolute atomic E-state index is 0.00285. The van der Waals surface area contributed by atoms with E-state index in [9.17, 15) is 14.4 Å². The number of aromatic nitrogens is 2. The molecule has 4 amide bonds. The smallest absolute Gasteiger partial charge is 0.324 e. The van der Waals surface area contributed by atoms with E-state index in [4.69, 9.17) is 23.2 Å². The monoisotopic (exact) mass is 485 g/mol. The minimum Gasteiger partial charge on any atom is -0.329 e. The zero-order chi connectivity index (χ0) is 23.7. The van der Waals surface area contributed by atoms with Gasteiger partial charge in [-0.05, 0) is 49.7 Å². The quantitative estimate of drug-likeness (QED) is 0.515. The molecule has 0 radical (unpaired) electrons. The fraction of sp³-hybridized carbons (Fsp3) is 0.217. The summed E-state index contributed by atoms with van der Waals surface area (Å²) in [6.45, 7) is 3.87. The second kappa shape index (κ2) is 9.25. The molecule has 0 unspecified atom stereocenters. The fourth-order valence-electron chi connectivity index (χ4n) is 3.73. The largest absolute Gasteiger partial charge is 0.329 e. The maximum absolute atomic E-state index is 12.8. The third kappa shape index (κ3) is 4.86. The molecule has 0 saturated carbocycles. The fourth-order valence-corrected chi connectivity index (χ4v) is 4.22. The van der Waals surface area contributed by atoms with Crippen LogP contribution >= 0.6 is 23.2 Å². The highest BCUT2D eigenvalue weighted by Crippen LogP contribution is 2.27. The molecule has 1 saturated heterocycles. The summed E-state index contributed by atoms with van der Waals surface area (Å²) in [6.07, 6.45) is 0.125. The van der Waals surface area contributed by atoms with E-state index in [1.54, 1.807) is 47.1 Å². The number of halogens is 2. The van der Waals surface area contributed by atoms with E-state index >= 15 is 0 Å². The third-order valence-electron chi connectivity index (χ3n) is 5.40. The number of urea groups is 1. The van der Waals surface area contributed by atoms with Crippen molar-refractivity contribution in [2.45, 2.75) is 26.8 Å². The predicted molar refractivity (Wildman–Crippen MR) is 126 cm³/mol. The van der Waals surface area contributed by atoms with Crippen LogP contribution in [0.15, 0.2) is 42.5 Å². The number of carbonyl (C=O) groups is 3. The summed E-state index contributed by atoms with van der Waals surface area (Å²) in [5.74, 6) is -0.492. The van der Waals surface area contributed by atoms with Crippen LogP contribution in [0.1, 0.15) is 22.5 Å². The zero-order valence-electron chi connectivity index (χ0n) is 18.0. The van der Waals surface area contributed by atoms with Gasteiger partial charge in [0.2, 0.25) is 11.8 Å². The van der Waals surface area contributed by atoms with Gasteiger partial charge >= 0.3 is 6.03 Å². The lowest BCUT2D eigenvalue weighted by Gasteiger charge is -2.13. The zero-order valence-corrected chi connectivity index (χ0v) is 19.5. The van der Waals surface area contributed by atoms with Gasteiger partial charge < -0.3 is 10.6 Å². The first-order valence-corrected chi connectivity index (χ1v) is 11.0. The molecule has 2 heterocycles. The maximum Gasteiger partial charge on any atom is 0.324 e. The summed E-state index contributed by atoms with van der Waals surface area (Å²) in [7, 11) is 0. The van der Waals surface area contributed by atoms with Gasteiger partial charge in [-0.15, -0.1) is 0 Å². The van der Waals surface area contributed by atoms with Crippen molar-refractivity contribution in [2.24, 2.45) is 0 Å². The average molecular weight is 486 g/mol. The van der Waals surface area contributed by atoms with Gasteiger partial charge in [0.1, 0.15) is 0 Å². The van der Waals surface area contributed by atoms with E-state index in [2.05, 4.69) is 15.7 Å². The van der Waals surface area contributed by atoms with E-state index in [1.165, 1.54) is 0 Å². The lowest BCUT2D eigenvalue weighted by Crippen LogP contribution is -2.30. The highest BCUT2D eigenvalue weighted by molar-refractivity contribution is 6.35. The Morgan fingerprint density at radius 3 is 2.64 bits per heavy atom. The van der Waals surface area contributed by atoms with Crippen LogP contribution < -0.4 is 10.6 Å². The minimum atomic E-state index is -0.418. The van der Waals surface area contributed by atoms with E-state index in [0.717, 1.165) is 27.4 Å². The lowest BCUT2D eigenvalue weighted by molar-refractivity contribution is -0.125. The molecule has 0 atom stereocenters. The maximum atomic E-state index is 12.8. The molecule has 0 bridgehead atoms. The van der Waals surface area contributed by atoms with Gasteiger partial charge in [0.05, 0.1) is 35.9 Å². The number of hydrogen-bond donors (Lipinski definition) is 2. The van der Waals surface area contributed by atoms with Crippen LogP contribution in [0.5, 0.6) is 0 Å². The number of imide groups is 1. The van der Waals surface area contributed by atoms with Crippen molar-refractivity contribution in [1.29, 1.82) is 0 Å². The average Bonchev–Trinajstić information content (AvgIpc) is 3.22. The molecule has 8 nitrogen and oxygen atoms in total. The van der Waals surface area contributed by atoms with Crippen molar-refractivity contribution in [3.8, 4) is 5.69 Å². The molecular formula is C23H21Cl2N5O3. The van der Waals surface area contributed by atoms with Crippen molar-refractivity contribution in [3.05, 3.63) is 75.0 Å². The Hall–Kier alpha value is -3.36. The molecule has 0 aliphatic carbocycles. The van der Waals surface area contributed by atoms with Crippen LogP contribution in [0.2, 0.25) is 10.0 Å². The summed E-state index contributed by atoms with van der Waals surface area (Å²) in [5.41, 5.74) is 4.32. The molecule has 10 heteroatoms. The Morgan fingerprint density at radius 1 is 1.15 bits per heavy atom. The van der Waals surface area contributed by atoms with Crippen LogP contribution in [0.3, 0.4) is 0 Å².